The third-order valence-electron chi connectivity index (χ3n) is 4.55. The predicted octanol–water partition coefficient (Wildman–Crippen LogP) is 4.23. The molecular weight excluding hydrogens is 357 g/mol. The number of nitrogens with one attached hydrogen (secondary N) is 4. The van der Waals surface area contributed by atoms with Crippen LogP contribution < -0.4 is 16.0 Å². The summed E-state index contributed by atoms with van der Waals surface area (Å²) < 4.78 is 12.9. The molecule has 0 unspecified atom stereocenters. The van der Waals surface area contributed by atoms with Gasteiger partial charge in [0.15, 0.2) is 0 Å². The van der Waals surface area contributed by atoms with Crippen molar-refractivity contribution in [2.24, 2.45) is 0 Å². The van der Waals surface area contributed by atoms with Crippen LogP contribution in [0.2, 0.25) is 0 Å². The second-order valence-electron chi connectivity index (χ2n) is 6.55. The number of aromatic amines is 1. The Balaban J connectivity index is 1.45. The van der Waals surface area contributed by atoms with Gasteiger partial charge in [-0.25, -0.2) is 14.2 Å². The maximum absolute atomic E-state index is 12.9. The van der Waals surface area contributed by atoms with Crippen LogP contribution in [-0.2, 0) is 6.54 Å². The molecule has 0 saturated heterocycles. The molecule has 2 aromatic carbocycles. The van der Waals surface area contributed by atoms with Crippen molar-refractivity contribution >= 4 is 29.1 Å². The number of amides is 2. The monoisotopic (exact) mass is 377 g/mol. The molecule has 1 aliphatic heterocycles. The van der Waals surface area contributed by atoms with Gasteiger partial charge in [-0.05, 0) is 54.0 Å². The lowest BCUT2D eigenvalue weighted by molar-refractivity contribution is 0.251. The van der Waals surface area contributed by atoms with Gasteiger partial charge in [0.1, 0.15) is 5.82 Å². The van der Waals surface area contributed by atoms with E-state index < -0.39 is 0 Å². The zero-order valence-corrected chi connectivity index (χ0v) is 15.1. The van der Waals surface area contributed by atoms with E-state index in [-0.39, 0.29) is 11.8 Å². The van der Waals surface area contributed by atoms with Gasteiger partial charge in [-0.3, -0.25) is 0 Å². The number of benzene rings is 2. The van der Waals surface area contributed by atoms with Crippen molar-refractivity contribution < 1.29 is 9.18 Å². The Hall–Kier alpha value is -3.61. The number of fused-ring (bicyclic) bond motifs is 1. The Kier molecular flexibility index (Phi) is 5.05. The van der Waals surface area contributed by atoms with Crippen molar-refractivity contribution in [2.75, 3.05) is 17.2 Å². The fourth-order valence-electron chi connectivity index (χ4n) is 3.15. The number of nitrogens with zero attached hydrogens (tertiary/aromatic N) is 1. The van der Waals surface area contributed by atoms with Gasteiger partial charge in [-0.15, -0.1) is 0 Å². The minimum atomic E-state index is -0.313. The van der Waals surface area contributed by atoms with Crippen LogP contribution in [-0.4, -0.2) is 22.5 Å². The van der Waals surface area contributed by atoms with Crippen LogP contribution >= 0.6 is 0 Å². The number of aromatic nitrogens is 2. The van der Waals surface area contributed by atoms with Gasteiger partial charge in [-0.2, -0.15) is 0 Å². The SMILES string of the molecule is O=C(NCc1ccc(F)cc1)Nc1ccc2c(c1)/C(=C/c1cnc[nH]1)CCN2. The third kappa shape index (κ3) is 4.20. The molecule has 0 radical (unpaired) electrons. The molecule has 4 N–H and O–H groups in total. The zero-order chi connectivity index (χ0) is 19.3. The Labute approximate surface area is 161 Å². The summed E-state index contributed by atoms with van der Waals surface area (Å²) in [6.07, 6.45) is 6.38. The number of anilines is 2. The summed E-state index contributed by atoms with van der Waals surface area (Å²) in [7, 11) is 0. The Morgan fingerprint density at radius 2 is 2.07 bits per heavy atom. The zero-order valence-electron chi connectivity index (χ0n) is 15.1. The molecule has 1 aliphatic rings. The van der Waals surface area contributed by atoms with E-state index in [0.29, 0.717) is 12.2 Å². The summed E-state index contributed by atoms with van der Waals surface area (Å²) in [5, 5.41) is 9.01. The molecule has 0 fully saturated rings. The van der Waals surface area contributed by atoms with Crippen LogP contribution in [0, 0.1) is 5.82 Å². The molecule has 1 aromatic heterocycles. The number of halogens is 1. The summed E-state index contributed by atoms with van der Waals surface area (Å²) in [6, 6.07) is 11.5. The summed E-state index contributed by atoms with van der Waals surface area (Å²) >= 11 is 0. The number of H-pyrrole nitrogens is 1. The van der Waals surface area contributed by atoms with Gasteiger partial charge in [0.2, 0.25) is 0 Å². The van der Waals surface area contributed by atoms with Crippen LogP contribution in [0.15, 0.2) is 55.0 Å². The molecule has 0 spiro atoms. The Bertz CT molecular complexity index is 996. The molecular formula is C21H20FN5O. The van der Waals surface area contributed by atoms with Crippen molar-refractivity contribution in [3.8, 4) is 0 Å². The van der Waals surface area contributed by atoms with Crippen molar-refractivity contribution in [3.63, 3.8) is 0 Å². The van der Waals surface area contributed by atoms with Crippen molar-refractivity contribution in [1.82, 2.24) is 15.3 Å². The number of hydrogen-bond donors (Lipinski definition) is 4. The second-order valence-corrected chi connectivity index (χ2v) is 6.55. The van der Waals surface area contributed by atoms with E-state index in [1.165, 1.54) is 17.7 Å². The molecule has 0 bridgehead atoms. The quantitative estimate of drug-likeness (QED) is 0.549. The summed E-state index contributed by atoms with van der Waals surface area (Å²) in [6.45, 7) is 1.18. The molecule has 0 atom stereocenters. The maximum Gasteiger partial charge on any atom is 0.319 e. The fraction of sp³-hybridized carbons (Fsp3) is 0.143. The molecule has 28 heavy (non-hydrogen) atoms. The van der Waals surface area contributed by atoms with E-state index in [9.17, 15) is 9.18 Å². The van der Waals surface area contributed by atoms with Gasteiger partial charge in [0.05, 0.1) is 18.2 Å². The molecule has 3 aromatic rings. The molecule has 142 valence electrons. The van der Waals surface area contributed by atoms with Crippen LogP contribution in [0.25, 0.3) is 11.6 Å². The first-order valence-electron chi connectivity index (χ1n) is 9.04. The third-order valence-corrected chi connectivity index (χ3v) is 4.55. The van der Waals surface area contributed by atoms with Gasteiger partial charge >= 0.3 is 6.03 Å². The van der Waals surface area contributed by atoms with Crippen LogP contribution in [0.4, 0.5) is 20.6 Å². The van der Waals surface area contributed by atoms with E-state index in [1.54, 1.807) is 24.7 Å². The summed E-state index contributed by atoms with van der Waals surface area (Å²) in [4.78, 5) is 19.4. The maximum atomic E-state index is 12.9. The van der Waals surface area contributed by atoms with Gasteiger partial charge < -0.3 is 20.9 Å². The largest absolute Gasteiger partial charge is 0.384 e. The highest BCUT2D eigenvalue weighted by molar-refractivity contribution is 5.93. The number of carbonyl (C=O) groups excluding carboxylic acids is 1. The van der Waals surface area contributed by atoms with Crippen molar-refractivity contribution in [2.45, 2.75) is 13.0 Å². The fourth-order valence-corrected chi connectivity index (χ4v) is 3.15. The number of urea groups is 1. The highest BCUT2D eigenvalue weighted by Crippen LogP contribution is 2.34. The predicted molar refractivity (Wildman–Crippen MR) is 108 cm³/mol. The summed E-state index contributed by atoms with van der Waals surface area (Å²) in [5.41, 5.74) is 5.74. The van der Waals surface area contributed by atoms with Gasteiger partial charge in [0, 0.05) is 30.0 Å². The number of hydrogen-bond acceptors (Lipinski definition) is 3. The van der Waals surface area contributed by atoms with E-state index in [2.05, 4.69) is 32.0 Å². The number of carbonyl (C=O) groups is 1. The van der Waals surface area contributed by atoms with E-state index in [0.717, 1.165) is 35.5 Å². The first-order valence-corrected chi connectivity index (χ1v) is 9.04. The summed E-state index contributed by atoms with van der Waals surface area (Å²) in [5.74, 6) is -0.296. The molecule has 6 nitrogen and oxygen atoms in total. The number of rotatable bonds is 4. The van der Waals surface area contributed by atoms with Crippen LogP contribution in [0.3, 0.4) is 0 Å². The van der Waals surface area contributed by atoms with Crippen molar-refractivity contribution in [1.29, 1.82) is 0 Å². The highest BCUT2D eigenvalue weighted by atomic mass is 19.1. The lowest BCUT2D eigenvalue weighted by Gasteiger charge is -2.22. The molecule has 2 heterocycles. The van der Waals surface area contributed by atoms with Crippen molar-refractivity contribution in [3.05, 3.63) is 77.6 Å². The molecule has 2 amide bonds. The van der Waals surface area contributed by atoms with E-state index in [1.807, 2.05) is 18.2 Å². The standard InChI is InChI=1S/C21H20FN5O/c22-16-3-1-14(2-4-16)11-25-21(28)27-17-5-6-20-19(10-17)15(7-8-24-20)9-18-12-23-13-26-18/h1-6,9-10,12-13,24H,7-8,11H2,(H,23,26)(H2,25,27,28)/b15-9+. The Morgan fingerprint density at radius 1 is 1.21 bits per heavy atom. The highest BCUT2D eigenvalue weighted by Gasteiger charge is 2.15. The van der Waals surface area contributed by atoms with Gasteiger partial charge in [-0.1, -0.05) is 12.1 Å². The average molecular weight is 377 g/mol. The average Bonchev–Trinajstić information content (AvgIpc) is 3.21. The first-order chi connectivity index (χ1) is 13.7. The van der Waals surface area contributed by atoms with Crippen LogP contribution in [0.5, 0.6) is 0 Å². The molecule has 0 aliphatic carbocycles. The van der Waals surface area contributed by atoms with E-state index in [4.69, 9.17) is 0 Å². The molecule has 0 saturated carbocycles. The molecule has 4 rings (SSSR count). The lowest BCUT2D eigenvalue weighted by atomic mass is 9.96. The molecule has 7 heteroatoms. The minimum Gasteiger partial charge on any atom is -0.384 e. The Morgan fingerprint density at radius 3 is 2.86 bits per heavy atom. The normalized spacial score (nSPS) is 14.2. The minimum absolute atomic E-state index is 0.296. The number of imidazole rings is 1. The lowest BCUT2D eigenvalue weighted by Crippen LogP contribution is -2.28. The smallest absolute Gasteiger partial charge is 0.319 e. The first kappa shape index (κ1) is 17.8. The van der Waals surface area contributed by atoms with E-state index >= 15 is 0 Å². The second kappa shape index (κ2) is 7.96. The topological polar surface area (TPSA) is 81.8 Å². The van der Waals surface area contributed by atoms with Crippen LogP contribution in [0.1, 0.15) is 23.2 Å². The van der Waals surface area contributed by atoms with Gasteiger partial charge in [0.25, 0.3) is 0 Å².